The first kappa shape index (κ1) is 20.1. The zero-order valence-electron chi connectivity index (χ0n) is 15.2. The van der Waals surface area contributed by atoms with Crippen molar-refractivity contribution < 1.29 is 34.1 Å². The molecule has 2 unspecified atom stereocenters. The quantitative estimate of drug-likeness (QED) is 0.427. The molecule has 142 valence electrons. The van der Waals surface area contributed by atoms with Crippen molar-refractivity contribution in [3.8, 4) is 0 Å². The van der Waals surface area contributed by atoms with Gasteiger partial charge in [0.25, 0.3) is 0 Å². The molecule has 0 spiro atoms. The Kier molecular flexibility index (Phi) is 5.53. The van der Waals surface area contributed by atoms with Gasteiger partial charge < -0.3 is 19.7 Å². The molecule has 0 aromatic heterocycles. The van der Waals surface area contributed by atoms with Gasteiger partial charge in [-0.1, -0.05) is 13.2 Å². The summed E-state index contributed by atoms with van der Waals surface area (Å²) in [5.41, 5.74) is -1.23. The first-order valence-electron chi connectivity index (χ1n) is 8.32. The van der Waals surface area contributed by atoms with E-state index >= 15 is 0 Å². The van der Waals surface area contributed by atoms with Crippen molar-refractivity contribution in [1.82, 2.24) is 0 Å². The molecule has 1 aliphatic heterocycles. The highest BCUT2D eigenvalue weighted by atomic mass is 16.6. The van der Waals surface area contributed by atoms with E-state index in [1.165, 1.54) is 19.9 Å². The first-order valence-corrected chi connectivity index (χ1v) is 8.32. The number of fused-ring (bicyclic) bond motifs is 1. The average Bonchev–Trinajstić information content (AvgIpc) is 2.79. The summed E-state index contributed by atoms with van der Waals surface area (Å²) in [5.74, 6) is -2.74. The van der Waals surface area contributed by atoms with Crippen LogP contribution in [0.4, 0.5) is 0 Å². The molecule has 0 amide bonds. The number of aliphatic hydroxyl groups excluding tert-OH is 1. The predicted octanol–water partition coefficient (Wildman–Crippen LogP) is 0.993. The maximum absolute atomic E-state index is 12.4. The molecule has 2 aliphatic rings. The Hall–Kier alpha value is -2.25. The third-order valence-corrected chi connectivity index (χ3v) is 4.80. The second kappa shape index (κ2) is 7.17. The van der Waals surface area contributed by atoms with Crippen molar-refractivity contribution in [1.29, 1.82) is 0 Å². The second-order valence-corrected chi connectivity index (χ2v) is 7.18. The number of carbonyl (C=O) groups excluding carboxylic acids is 3. The fourth-order valence-corrected chi connectivity index (χ4v) is 3.09. The molecule has 5 atom stereocenters. The fourth-order valence-electron chi connectivity index (χ4n) is 3.09. The van der Waals surface area contributed by atoms with E-state index in [0.29, 0.717) is 5.57 Å². The lowest BCUT2D eigenvalue weighted by Gasteiger charge is -2.33. The Morgan fingerprint density at radius 1 is 1.42 bits per heavy atom. The lowest BCUT2D eigenvalue weighted by molar-refractivity contribution is -0.156. The highest BCUT2D eigenvalue weighted by molar-refractivity contribution is 5.92. The van der Waals surface area contributed by atoms with Gasteiger partial charge in [-0.05, 0) is 32.4 Å². The molecule has 1 heterocycles. The number of esters is 2. The van der Waals surface area contributed by atoms with Crippen molar-refractivity contribution in [3.05, 3.63) is 36.0 Å². The van der Waals surface area contributed by atoms with Crippen LogP contribution in [-0.4, -0.2) is 51.8 Å². The van der Waals surface area contributed by atoms with Crippen molar-refractivity contribution in [2.75, 3.05) is 0 Å². The Balaban J connectivity index is 2.52. The largest absolute Gasteiger partial charge is 0.458 e. The van der Waals surface area contributed by atoms with E-state index in [0.717, 1.165) is 0 Å². The fraction of sp³-hybridized carbons (Fsp3) is 0.526. The first-order chi connectivity index (χ1) is 11.9. The zero-order chi connectivity index (χ0) is 19.8. The monoisotopic (exact) mass is 364 g/mol. The van der Waals surface area contributed by atoms with Crippen LogP contribution in [0.5, 0.6) is 0 Å². The van der Waals surface area contributed by atoms with E-state index in [4.69, 9.17) is 9.47 Å². The summed E-state index contributed by atoms with van der Waals surface area (Å²) in [6, 6.07) is 0. The third kappa shape index (κ3) is 3.94. The summed E-state index contributed by atoms with van der Waals surface area (Å²) in [6.45, 7) is 11.6. The number of ether oxygens (including phenoxy) is 2. The molecular weight excluding hydrogens is 340 g/mol. The number of rotatable bonds is 2. The van der Waals surface area contributed by atoms with Gasteiger partial charge in [0, 0.05) is 24.0 Å². The lowest BCUT2D eigenvalue weighted by atomic mass is 9.79. The highest BCUT2D eigenvalue weighted by Gasteiger charge is 2.48. The predicted molar refractivity (Wildman–Crippen MR) is 91.8 cm³/mol. The number of hydrogen-bond acceptors (Lipinski definition) is 7. The van der Waals surface area contributed by atoms with E-state index in [-0.39, 0.29) is 24.0 Å². The molecule has 0 radical (unpaired) electrons. The normalized spacial score (nSPS) is 37.3. The summed E-state index contributed by atoms with van der Waals surface area (Å²) in [5, 5.41) is 20.8. The van der Waals surface area contributed by atoms with Gasteiger partial charge in [-0.25, -0.2) is 9.59 Å². The lowest BCUT2D eigenvalue weighted by Crippen LogP contribution is -2.46. The minimum absolute atomic E-state index is 0.0804. The molecular formula is C19H24O7. The van der Waals surface area contributed by atoms with Crippen LogP contribution in [0.15, 0.2) is 36.0 Å². The van der Waals surface area contributed by atoms with Crippen LogP contribution in [0.2, 0.25) is 0 Å². The maximum Gasteiger partial charge on any atom is 0.334 e. The van der Waals surface area contributed by atoms with Crippen molar-refractivity contribution >= 4 is 17.7 Å². The Labute approximate surface area is 152 Å². The van der Waals surface area contributed by atoms with Crippen LogP contribution in [-0.2, 0) is 23.9 Å². The Morgan fingerprint density at radius 3 is 2.62 bits per heavy atom. The van der Waals surface area contributed by atoms with Gasteiger partial charge in [0.15, 0.2) is 5.78 Å². The molecule has 0 saturated carbocycles. The van der Waals surface area contributed by atoms with E-state index in [1.807, 2.05) is 0 Å². The number of hydrogen-bond donors (Lipinski definition) is 2. The summed E-state index contributed by atoms with van der Waals surface area (Å²) >= 11 is 0. The van der Waals surface area contributed by atoms with Crippen molar-refractivity contribution in [3.63, 3.8) is 0 Å². The Bertz CT molecular complexity index is 701. The van der Waals surface area contributed by atoms with Gasteiger partial charge in [-0.15, -0.1) is 0 Å². The molecule has 1 aliphatic carbocycles. The van der Waals surface area contributed by atoms with Gasteiger partial charge in [-0.3, -0.25) is 4.79 Å². The third-order valence-electron chi connectivity index (χ3n) is 4.80. The van der Waals surface area contributed by atoms with Crippen LogP contribution >= 0.6 is 0 Å². The van der Waals surface area contributed by atoms with E-state index in [1.54, 1.807) is 6.92 Å². The van der Waals surface area contributed by atoms with Crippen LogP contribution in [0.3, 0.4) is 0 Å². The number of ketones is 1. The van der Waals surface area contributed by atoms with Crippen molar-refractivity contribution in [2.45, 2.75) is 57.5 Å². The molecule has 0 bridgehead atoms. The molecule has 2 rings (SSSR count). The SMILES string of the molecule is C=C(C)C(=O)OC1C[C@@](C)(O)C(=O)CC(O)/C(C)=C\[C@H]2OC(=O)C(=C)[C@H]12. The Morgan fingerprint density at radius 2 is 2.04 bits per heavy atom. The molecule has 0 aromatic carbocycles. The van der Waals surface area contributed by atoms with Gasteiger partial charge in [0.1, 0.15) is 17.8 Å². The summed E-state index contributed by atoms with van der Waals surface area (Å²) in [7, 11) is 0. The number of carbonyl (C=O) groups is 3. The molecule has 7 heteroatoms. The van der Waals surface area contributed by atoms with Crippen LogP contribution in [0.1, 0.15) is 33.6 Å². The zero-order valence-corrected chi connectivity index (χ0v) is 15.2. The van der Waals surface area contributed by atoms with Crippen LogP contribution < -0.4 is 0 Å². The number of Topliss-reactive ketones (excluding diaryl/α,β-unsaturated/α-hetero) is 1. The van der Waals surface area contributed by atoms with Crippen LogP contribution in [0, 0.1) is 5.92 Å². The second-order valence-electron chi connectivity index (χ2n) is 7.18. The molecule has 1 fully saturated rings. The maximum atomic E-state index is 12.4. The van der Waals surface area contributed by atoms with Crippen molar-refractivity contribution in [2.24, 2.45) is 5.92 Å². The van der Waals surface area contributed by atoms with E-state index in [9.17, 15) is 24.6 Å². The van der Waals surface area contributed by atoms with Gasteiger partial charge in [0.05, 0.1) is 12.0 Å². The highest BCUT2D eigenvalue weighted by Crippen LogP contribution is 2.37. The summed E-state index contributed by atoms with van der Waals surface area (Å²) in [6.07, 6.45) is -2.00. The average molecular weight is 364 g/mol. The smallest absolute Gasteiger partial charge is 0.334 e. The molecule has 1 saturated heterocycles. The standard InChI is InChI=1S/C19H24O7/c1-9(2)17(22)26-14-8-19(5,24)15(21)7-12(20)10(3)6-13-16(14)11(4)18(23)25-13/h6,12-14,16,20,24H,1,4,7-8H2,2-3,5H3/b10-6-/t12?,13-,14?,16+,19-/m1/s1. The summed E-state index contributed by atoms with van der Waals surface area (Å²) in [4.78, 5) is 36.5. The summed E-state index contributed by atoms with van der Waals surface area (Å²) < 4.78 is 10.7. The molecule has 0 aromatic rings. The van der Waals surface area contributed by atoms with E-state index < -0.39 is 47.6 Å². The minimum atomic E-state index is -1.87. The molecule has 2 N–H and O–H groups in total. The molecule has 7 nitrogen and oxygen atoms in total. The van der Waals surface area contributed by atoms with Gasteiger partial charge in [-0.2, -0.15) is 0 Å². The van der Waals surface area contributed by atoms with E-state index in [2.05, 4.69) is 13.2 Å². The minimum Gasteiger partial charge on any atom is -0.458 e. The topological polar surface area (TPSA) is 110 Å². The van der Waals surface area contributed by atoms with Gasteiger partial charge in [0.2, 0.25) is 0 Å². The number of aliphatic hydroxyl groups is 2. The molecule has 26 heavy (non-hydrogen) atoms. The van der Waals surface area contributed by atoms with Gasteiger partial charge >= 0.3 is 11.9 Å². The van der Waals surface area contributed by atoms with Crippen LogP contribution in [0.25, 0.3) is 0 Å².